The van der Waals surface area contributed by atoms with E-state index in [1.807, 2.05) is 13.8 Å². The molecular formula is C9H17NO. The second-order valence-electron chi connectivity index (χ2n) is 1.77. The molecule has 0 aromatic rings. The zero-order valence-corrected chi connectivity index (χ0v) is 7.77. The van der Waals surface area contributed by atoms with Crippen LogP contribution in [0.15, 0.2) is 24.4 Å². The van der Waals surface area contributed by atoms with Gasteiger partial charge in [-0.3, -0.25) is 4.79 Å². The first-order valence-electron chi connectivity index (χ1n) is 3.76. The highest BCUT2D eigenvalue weighted by molar-refractivity contribution is 5.88. The van der Waals surface area contributed by atoms with E-state index in [0.29, 0.717) is 5.70 Å². The molecule has 0 saturated heterocycles. The monoisotopic (exact) mass is 155 g/mol. The number of hydrogen-bond donors (Lipinski definition) is 1. The van der Waals surface area contributed by atoms with Gasteiger partial charge in [0.25, 0.3) is 0 Å². The minimum Gasteiger partial charge on any atom is -0.327 e. The van der Waals surface area contributed by atoms with E-state index in [9.17, 15) is 4.79 Å². The van der Waals surface area contributed by atoms with Crippen LogP contribution in [0.3, 0.4) is 0 Å². The van der Waals surface area contributed by atoms with Gasteiger partial charge in [0.2, 0.25) is 5.91 Å². The second-order valence-corrected chi connectivity index (χ2v) is 1.77. The summed E-state index contributed by atoms with van der Waals surface area (Å²) in [6.45, 7) is 11.0. The quantitative estimate of drug-likeness (QED) is 0.609. The molecule has 0 aliphatic rings. The van der Waals surface area contributed by atoms with Crippen LogP contribution >= 0.6 is 0 Å². The number of nitrogens with one attached hydrogen (secondary N) is 1. The van der Waals surface area contributed by atoms with Crippen molar-refractivity contribution in [3.63, 3.8) is 0 Å². The molecular weight excluding hydrogens is 138 g/mol. The number of allylic oxidation sites excluding steroid dienone is 2. The Labute approximate surface area is 69.0 Å². The summed E-state index contributed by atoms with van der Waals surface area (Å²) < 4.78 is 0. The molecule has 0 unspecified atom stereocenters. The summed E-state index contributed by atoms with van der Waals surface area (Å²) in [6.07, 6.45) is 3.13. The topological polar surface area (TPSA) is 29.1 Å². The van der Waals surface area contributed by atoms with E-state index < -0.39 is 0 Å². The standard InChI is InChI=1S/C7H11NO.C2H6/c1-4-5-7(9)8-6(2)3;1-2/h4-5H,2H2,1,3H3,(H,8,9);1-2H3/b5-4-;. The molecule has 0 rings (SSSR count). The molecule has 0 bridgehead atoms. The first-order valence-corrected chi connectivity index (χ1v) is 3.76. The molecule has 0 saturated carbocycles. The maximum absolute atomic E-state index is 10.6. The third-order valence-electron chi connectivity index (χ3n) is 0.655. The second kappa shape index (κ2) is 8.95. The molecule has 0 aromatic carbocycles. The van der Waals surface area contributed by atoms with Crippen molar-refractivity contribution < 1.29 is 4.79 Å². The molecule has 1 amide bonds. The Bertz CT molecular complexity index is 148. The summed E-state index contributed by atoms with van der Waals surface area (Å²) in [7, 11) is 0. The Hall–Kier alpha value is -1.05. The fourth-order valence-electron chi connectivity index (χ4n) is 0.403. The molecule has 0 spiro atoms. The molecule has 0 fully saturated rings. The van der Waals surface area contributed by atoms with Crippen LogP contribution in [0.2, 0.25) is 0 Å². The van der Waals surface area contributed by atoms with Crippen LogP contribution < -0.4 is 5.32 Å². The van der Waals surface area contributed by atoms with Crippen LogP contribution in [-0.2, 0) is 4.79 Å². The fraction of sp³-hybridized carbons (Fsp3) is 0.444. The Balaban J connectivity index is 0. The molecule has 11 heavy (non-hydrogen) atoms. The van der Waals surface area contributed by atoms with Gasteiger partial charge in [-0.25, -0.2) is 0 Å². The Morgan fingerprint density at radius 2 is 1.91 bits per heavy atom. The number of carbonyl (C=O) groups is 1. The minimum absolute atomic E-state index is 0.120. The van der Waals surface area contributed by atoms with Crippen LogP contribution in [0.25, 0.3) is 0 Å². The zero-order valence-electron chi connectivity index (χ0n) is 7.77. The number of rotatable bonds is 2. The number of hydrogen-bond acceptors (Lipinski definition) is 1. The SMILES string of the molecule is C=C(C)NC(=O)/C=C\C.CC. The van der Waals surface area contributed by atoms with E-state index in [4.69, 9.17) is 0 Å². The fourth-order valence-corrected chi connectivity index (χ4v) is 0.403. The van der Waals surface area contributed by atoms with E-state index in [-0.39, 0.29) is 5.91 Å². The van der Waals surface area contributed by atoms with Gasteiger partial charge in [-0.15, -0.1) is 0 Å². The van der Waals surface area contributed by atoms with Crippen molar-refractivity contribution in [2.45, 2.75) is 27.7 Å². The van der Waals surface area contributed by atoms with Crippen LogP contribution in [0, 0.1) is 0 Å². The first kappa shape index (κ1) is 12.6. The maximum atomic E-state index is 10.6. The van der Waals surface area contributed by atoms with E-state index in [2.05, 4.69) is 11.9 Å². The molecule has 0 aliphatic carbocycles. The summed E-state index contributed by atoms with van der Waals surface area (Å²) in [5, 5.41) is 2.52. The molecule has 1 N–H and O–H groups in total. The van der Waals surface area contributed by atoms with Crippen LogP contribution in [-0.4, -0.2) is 5.91 Å². The van der Waals surface area contributed by atoms with Crippen molar-refractivity contribution >= 4 is 5.91 Å². The minimum atomic E-state index is -0.120. The third kappa shape index (κ3) is 12.2. The lowest BCUT2D eigenvalue weighted by Crippen LogP contribution is -2.17. The molecule has 0 heterocycles. The average Bonchev–Trinajstić information content (AvgIpc) is 1.91. The van der Waals surface area contributed by atoms with Gasteiger partial charge in [-0.2, -0.15) is 0 Å². The van der Waals surface area contributed by atoms with Gasteiger partial charge in [-0.1, -0.05) is 26.5 Å². The smallest absolute Gasteiger partial charge is 0.247 e. The van der Waals surface area contributed by atoms with E-state index in [1.54, 1.807) is 19.9 Å². The van der Waals surface area contributed by atoms with Crippen LogP contribution in [0.1, 0.15) is 27.7 Å². The van der Waals surface area contributed by atoms with Gasteiger partial charge in [0.05, 0.1) is 0 Å². The average molecular weight is 155 g/mol. The predicted molar refractivity (Wildman–Crippen MR) is 49.1 cm³/mol. The van der Waals surface area contributed by atoms with Gasteiger partial charge in [0.1, 0.15) is 0 Å². The Kier molecular flexibility index (Phi) is 10.3. The van der Waals surface area contributed by atoms with Gasteiger partial charge in [-0.05, 0) is 19.9 Å². The zero-order chi connectivity index (χ0) is 9.28. The third-order valence-corrected chi connectivity index (χ3v) is 0.655. The van der Waals surface area contributed by atoms with E-state index in [0.717, 1.165) is 0 Å². The van der Waals surface area contributed by atoms with Gasteiger partial charge in [0.15, 0.2) is 0 Å². The lowest BCUT2D eigenvalue weighted by atomic mass is 10.4. The largest absolute Gasteiger partial charge is 0.327 e. The predicted octanol–water partition coefficient (Wildman–Crippen LogP) is 2.24. The highest BCUT2D eigenvalue weighted by atomic mass is 16.1. The summed E-state index contributed by atoms with van der Waals surface area (Å²) >= 11 is 0. The maximum Gasteiger partial charge on any atom is 0.247 e. The van der Waals surface area contributed by atoms with E-state index in [1.165, 1.54) is 6.08 Å². The summed E-state index contributed by atoms with van der Waals surface area (Å²) in [5.41, 5.74) is 0.665. The molecule has 2 nitrogen and oxygen atoms in total. The highest BCUT2D eigenvalue weighted by Crippen LogP contribution is 1.79. The normalized spacial score (nSPS) is 8.36. The molecule has 0 radical (unpaired) electrons. The molecule has 64 valence electrons. The van der Waals surface area contributed by atoms with Crippen molar-refractivity contribution in [2.24, 2.45) is 0 Å². The van der Waals surface area contributed by atoms with Crippen molar-refractivity contribution in [1.82, 2.24) is 5.32 Å². The first-order chi connectivity index (χ1) is 5.16. The molecule has 0 atom stereocenters. The van der Waals surface area contributed by atoms with E-state index >= 15 is 0 Å². The highest BCUT2D eigenvalue weighted by Gasteiger charge is 1.89. The van der Waals surface area contributed by atoms with Gasteiger partial charge < -0.3 is 5.32 Å². The van der Waals surface area contributed by atoms with Crippen LogP contribution in [0.4, 0.5) is 0 Å². The number of carbonyl (C=O) groups excluding carboxylic acids is 1. The molecule has 2 heteroatoms. The van der Waals surface area contributed by atoms with Crippen molar-refractivity contribution in [3.05, 3.63) is 24.4 Å². The van der Waals surface area contributed by atoms with Gasteiger partial charge in [0, 0.05) is 5.70 Å². The summed E-state index contributed by atoms with van der Waals surface area (Å²) in [4.78, 5) is 10.6. The lowest BCUT2D eigenvalue weighted by molar-refractivity contribution is -0.115. The Morgan fingerprint density at radius 1 is 1.45 bits per heavy atom. The lowest BCUT2D eigenvalue weighted by Gasteiger charge is -1.96. The Morgan fingerprint density at radius 3 is 2.18 bits per heavy atom. The van der Waals surface area contributed by atoms with Gasteiger partial charge >= 0.3 is 0 Å². The summed E-state index contributed by atoms with van der Waals surface area (Å²) in [6, 6.07) is 0. The number of amides is 1. The summed E-state index contributed by atoms with van der Waals surface area (Å²) in [5.74, 6) is -0.120. The van der Waals surface area contributed by atoms with Crippen molar-refractivity contribution in [1.29, 1.82) is 0 Å². The molecule has 0 aromatic heterocycles. The molecule has 0 aliphatic heterocycles. The van der Waals surface area contributed by atoms with Crippen LogP contribution in [0.5, 0.6) is 0 Å². The van der Waals surface area contributed by atoms with Crippen molar-refractivity contribution in [2.75, 3.05) is 0 Å². The van der Waals surface area contributed by atoms with Crippen molar-refractivity contribution in [3.8, 4) is 0 Å².